The molecular formula is C9H14AlCl. The third kappa shape index (κ3) is 3.29. The Balaban J connectivity index is 0.000001000. The molecule has 1 atom stereocenters. The number of hydrogen-bond donors (Lipinski definition) is 0. The Kier molecular flexibility index (Phi) is 5.68. The van der Waals surface area contributed by atoms with Crippen molar-refractivity contribution in [1.82, 2.24) is 0 Å². The minimum Gasteiger partial charge on any atom is -0.118 e. The first-order valence-electron chi connectivity index (χ1n) is 3.53. The van der Waals surface area contributed by atoms with Crippen LogP contribution in [0.3, 0.4) is 0 Å². The zero-order valence-corrected chi connectivity index (χ0v) is 6.81. The van der Waals surface area contributed by atoms with E-state index in [0.29, 0.717) is 0 Å². The molecule has 0 nitrogen and oxygen atoms in total. The fraction of sp³-hybridized carbons (Fsp3) is 0.333. The van der Waals surface area contributed by atoms with Gasteiger partial charge in [-0.25, -0.2) is 0 Å². The summed E-state index contributed by atoms with van der Waals surface area (Å²) in [5.41, 5.74) is 1.21. The number of rotatable bonds is 2. The molecule has 60 valence electrons. The largest absolute Gasteiger partial charge is 0.187 e. The van der Waals surface area contributed by atoms with E-state index in [4.69, 9.17) is 11.6 Å². The molecule has 0 aromatic heterocycles. The maximum atomic E-state index is 5.99. The highest BCUT2D eigenvalue weighted by Crippen LogP contribution is 2.22. The molecule has 0 saturated carbocycles. The van der Waals surface area contributed by atoms with Crippen LogP contribution in [0, 0.1) is 0 Å². The maximum Gasteiger partial charge on any atom is 0.187 e. The van der Waals surface area contributed by atoms with Crippen LogP contribution in [0.15, 0.2) is 30.3 Å². The molecule has 2 heteroatoms. The van der Waals surface area contributed by atoms with Crippen molar-refractivity contribution in [2.24, 2.45) is 0 Å². The lowest BCUT2D eigenvalue weighted by Crippen LogP contribution is -1.85. The molecule has 0 bridgehead atoms. The number of benzene rings is 1. The summed E-state index contributed by atoms with van der Waals surface area (Å²) in [6, 6.07) is 10.1. The van der Waals surface area contributed by atoms with Crippen LogP contribution >= 0.6 is 11.6 Å². The Bertz CT molecular complexity index is 186. The van der Waals surface area contributed by atoms with Gasteiger partial charge < -0.3 is 0 Å². The molecule has 0 amide bonds. The number of alkyl halides is 1. The summed E-state index contributed by atoms with van der Waals surface area (Å²) in [6.07, 6.45) is 0.992. The number of hydrogen-bond acceptors (Lipinski definition) is 0. The van der Waals surface area contributed by atoms with E-state index >= 15 is 0 Å². The van der Waals surface area contributed by atoms with Crippen LogP contribution in [0.1, 0.15) is 24.3 Å². The third-order valence-corrected chi connectivity index (χ3v) is 2.08. The highest BCUT2D eigenvalue weighted by Gasteiger charge is 2.01. The van der Waals surface area contributed by atoms with Crippen molar-refractivity contribution in [2.45, 2.75) is 18.7 Å². The van der Waals surface area contributed by atoms with Gasteiger partial charge in [0.1, 0.15) is 0 Å². The van der Waals surface area contributed by atoms with Crippen molar-refractivity contribution in [3.63, 3.8) is 0 Å². The summed E-state index contributed by atoms with van der Waals surface area (Å²) in [7, 11) is 0. The lowest BCUT2D eigenvalue weighted by Gasteiger charge is -2.04. The third-order valence-electron chi connectivity index (χ3n) is 1.52. The van der Waals surface area contributed by atoms with Crippen LogP contribution in [-0.4, -0.2) is 17.4 Å². The maximum absolute atomic E-state index is 5.99. The fourth-order valence-electron chi connectivity index (χ4n) is 0.898. The van der Waals surface area contributed by atoms with Gasteiger partial charge in [-0.15, -0.1) is 11.6 Å². The van der Waals surface area contributed by atoms with Crippen LogP contribution in [-0.2, 0) is 0 Å². The Labute approximate surface area is 83.7 Å². The molecule has 1 aromatic rings. The zero-order chi connectivity index (χ0) is 7.40. The van der Waals surface area contributed by atoms with Crippen molar-refractivity contribution in [3.8, 4) is 0 Å². The van der Waals surface area contributed by atoms with E-state index in [1.165, 1.54) is 5.56 Å². The Hall–Kier alpha value is 0.0425. The average molecular weight is 185 g/mol. The van der Waals surface area contributed by atoms with Gasteiger partial charge in [0.25, 0.3) is 0 Å². The SMILES string of the molecule is CCC(Cl)c1ccccc1.[AlH3]. The first-order valence-corrected chi connectivity index (χ1v) is 3.97. The smallest absolute Gasteiger partial charge is 0.118 e. The molecule has 0 fully saturated rings. The lowest BCUT2D eigenvalue weighted by atomic mass is 10.1. The predicted molar refractivity (Wildman–Crippen MR) is 55.3 cm³/mol. The van der Waals surface area contributed by atoms with E-state index in [-0.39, 0.29) is 22.7 Å². The van der Waals surface area contributed by atoms with E-state index in [9.17, 15) is 0 Å². The lowest BCUT2D eigenvalue weighted by molar-refractivity contribution is 0.884. The van der Waals surface area contributed by atoms with E-state index in [2.05, 4.69) is 19.1 Å². The monoisotopic (exact) mass is 184 g/mol. The molecule has 0 N–H and O–H groups in total. The number of halogens is 1. The van der Waals surface area contributed by atoms with Crippen LogP contribution in [0.2, 0.25) is 0 Å². The van der Waals surface area contributed by atoms with Crippen molar-refractivity contribution in [3.05, 3.63) is 35.9 Å². The second-order valence-electron chi connectivity index (χ2n) is 2.29. The zero-order valence-electron chi connectivity index (χ0n) is 6.05. The summed E-state index contributed by atoms with van der Waals surface area (Å²) in [5.74, 6) is 0. The highest BCUT2D eigenvalue weighted by atomic mass is 35.5. The van der Waals surface area contributed by atoms with Crippen LogP contribution in [0.25, 0.3) is 0 Å². The highest BCUT2D eigenvalue weighted by molar-refractivity contribution is 6.20. The van der Waals surface area contributed by atoms with Gasteiger partial charge in [0.2, 0.25) is 0 Å². The fourth-order valence-corrected chi connectivity index (χ4v) is 1.04. The van der Waals surface area contributed by atoms with Gasteiger partial charge >= 0.3 is 0 Å². The molecule has 11 heavy (non-hydrogen) atoms. The van der Waals surface area contributed by atoms with Crippen molar-refractivity contribution < 1.29 is 0 Å². The van der Waals surface area contributed by atoms with Gasteiger partial charge in [-0.3, -0.25) is 0 Å². The standard InChI is InChI=1S/C9H11Cl.Al.3H/c1-2-9(10)8-6-4-3-5-7-8;;;;/h3-7,9H,2H2,1H3;;;;. The molecule has 1 unspecified atom stereocenters. The summed E-state index contributed by atoms with van der Waals surface area (Å²) in [4.78, 5) is 0. The summed E-state index contributed by atoms with van der Waals surface area (Å²) < 4.78 is 0. The average Bonchev–Trinajstić information content (AvgIpc) is 2.05. The van der Waals surface area contributed by atoms with Crippen molar-refractivity contribution in [1.29, 1.82) is 0 Å². The minimum absolute atomic E-state index is 0. The summed E-state index contributed by atoms with van der Waals surface area (Å²) in [5, 5.41) is 0.182. The van der Waals surface area contributed by atoms with Crippen LogP contribution < -0.4 is 0 Å². The van der Waals surface area contributed by atoms with E-state index < -0.39 is 0 Å². The second kappa shape index (κ2) is 5.66. The molecule has 0 radical (unpaired) electrons. The topological polar surface area (TPSA) is 0 Å². The first-order chi connectivity index (χ1) is 4.84. The summed E-state index contributed by atoms with van der Waals surface area (Å²) >= 11 is 5.99. The van der Waals surface area contributed by atoms with E-state index in [1.54, 1.807) is 0 Å². The molecule has 0 spiro atoms. The van der Waals surface area contributed by atoms with Crippen LogP contribution in [0.5, 0.6) is 0 Å². The Morgan fingerprint density at radius 1 is 1.27 bits per heavy atom. The molecule has 0 aliphatic heterocycles. The molecular weight excluding hydrogens is 171 g/mol. The van der Waals surface area contributed by atoms with Gasteiger partial charge in [-0.2, -0.15) is 0 Å². The Morgan fingerprint density at radius 2 is 1.82 bits per heavy atom. The van der Waals surface area contributed by atoms with E-state index in [1.807, 2.05) is 18.2 Å². The first kappa shape index (κ1) is 11.0. The van der Waals surface area contributed by atoms with Gasteiger partial charge in [-0.1, -0.05) is 37.3 Å². The van der Waals surface area contributed by atoms with Crippen LogP contribution in [0.4, 0.5) is 0 Å². The molecule has 1 aromatic carbocycles. The predicted octanol–water partition coefficient (Wildman–Crippen LogP) is 2.19. The minimum atomic E-state index is 0. The van der Waals surface area contributed by atoms with Crippen molar-refractivity contribution in [2.75, 3.05) is 0 Å². The molecule has 0 aliphatic carbocycles. The Morgan fingerprint density at radius 3 is 2.27 bits per heavy atom. The quantitative estimate of drug-likeness (QED) is 0.488. The van der Waals surface area contributed by atoms with E-state index in [0.717, 1.165) is 6.42 Å². The second-order valence-corrected chi connectivity index (χ2v) is 2.81. The molecule has 0 saturated heterocycles. The van der Waals surface area contributed by atoms with Gasteiger partial charge in [-0.05, 0) is 12.0 Å². The molecule has 1 rings (SSSR count). The molecule has 0 aliphatic rings. The summed E-state index contributed by atoms with van der Waals surface area (Å²) in [6.45, 7) is 2.09. The normalized spacial score (nSPS) is 11.8. The van der Waals surface area contributed by atoms with Crippen molar-refractivity contribution >= 4 is 29.0 Å². The molecule has 0 heterocycles. The van der Waals surface area contributed by atoms with Gasteiger partial charge in [0, 0.05) is 0 Å². The van der Waals surface area contributed by atoms with Gasteiger partial charge in [0.15, 0.2) is 17.4 Å². The van der Waals surface area contributed by atoms with Gasteiger partial charge in [0.05, 0.1) is 5.38 Å².